The van der Waals surface area contributed by atoms with E-state index < -0.39 is 5.97 Å². The van der Waals surface area contributed by atoms with Gasteiger partial charge in [0.05, 0.1) is 11.7 Å². The van der Waals surface area contributed by atoms with Gasteiger partial charge < -0.3 is 5.11 Å². The Morgan fingerprint density at radius 1 is 1.47 bits per heavy atom. The zero-order valence-corrected chi connectivity index (χ0v) is 11.4. The fourth-order valence-corrected chi connectivity index (χ4v) is 3.76. The number of rotatable bonds is 2. The van der Waals surface area contributed by atoms with Crippen molar-refractivity contribution in [2.75, 3.05) is 0 Å². The first kappa shape index (κ1) is 12.3. The van der Waals surface area contributed by atoms with Crippen molar-refractivity contribution in [2.24, 2.45) is 0 Å². The molecule has 0 atom stereocenters. The Bertz CT molecular complexity index is 710. The van der Waals surface area contributed by atoms with Gasteiger partial charge in [-0.2, -0.15) is 0 Å². The lowest BCUT2D eigenvalue weighted by atomic mass is 10.2. The highest BCUT2D eigenvalue weighted by atomic mass is 32.1. The van der Waals surface area contributed by atoms with Crippen LogP contribution in [0, 0.1) is 6.92 Å². The lowest BCUT2D eigenvalue weighted by Crippen LogP contribution is -2.23. The highest BCUT2D eigenvalue weighted by molar-refractivity contribution is 7.20. The van der Waals surface area contributed by atoms with Gasteiger partial charge in [0.1, 0.15) is 9.71 Å². The maximum Gasteiger partial charge on any atom is 0.346 e. The van der Waals surface area contributed by atoms with Crippen LogP contribution in [-0.2, 0) is 0 Å². The number of aromatic nitrogens is 2. The normalized spacial score (nSPS) is 16.3. The largest absolute Gasteiger partial charge is 0.477 e. The van der Waals surface area contributed by atoms with Crippen LogP contribution in [0.15, 0.2) is 11.1 Å². The molecule has 2 aromatic heterocycles. The molecule has 2 heterocycles. The molecule has 1 N–H and O–H groups in total. The summed E-state index contributed by atoms with van der Waals surface area (Å²) in [5.74, 6) is -0.993. The number of carboxylic acid groups (broad SMARTS) is 1. The summed E-state index contributed by atoms with van der Waals surface area (Å²) in [7, 11) is 0. The number of thiophene rings is 1. The molecule has 1 aliphatic rings. The minimum atomic E-state index is -0.993. The van der Waals surface area contributed by atoms with Gasteiger partial charge in [0.25, 0.3) is 5.56 Å². The van der Waals surface area contributed by atoms with Crippen LogP contribution in [-0.4, -0.2) is 20.6 Å². The number of carbonyl (C=O) groups is 1. The molecule has 0 saturated heterocycles. The Hall–Kier alpha value is -1.69. The molecule has 0 aromatic carbocycles. The minimum Gasteiger partial charge on any atom is -0.477 e. The van der Waals surface area contributed by atoms with Gasteiger partial charge in [0.15, 0.2) is 0 Å². The second-order valence-electron chi connectivity index (χ2n) is 4.94. The SMILES string of the molecule is Cc1c(C(=O)O)sc2ncn(C3CCCC3)c(=O)c12. The predicted octanol–water partition coefficient (Wildman–Crippen LogP) is 2.58. The maximum absolute atomic E-state index is 12.5. The van der Waals surface area contributed by atoms with E-state index in [-0.39, 0.29) is 16.5 Å². The number of fused-ring (bicyclic) bond motifs is 1. The van der Waals surface area contributed by atoms with Crippen LogP contribution in [0.4, 0.5) is 0 Å². The van der Waals surface area contributed by atoms with Gasteiger partial charge in [-0.05, 0) is 25.3 Å². The molecule has 0 bridgehead atoms. The van der Waals surface area contributed by atoms with E-state index in [1.54, 1.807) is 17.8 Å². The van der Waals surface area contributed by atoms with Crippen molar-refractivity contribution in [1.82, 2.24) is 9.55 Å². The van der Waals surface area contributed by atoms with Crippen molar-refractivity contribution < 1.29 is 9.90 Å². The molecule has 1 fully saturated rings. The zero-order valence-electron chi connectivity index (χ0n) is 10.5. The highest BCUT2D eigenvalue weighted by Gasteiger charge is 2.22. The zero-order chi connectivity index (χ0) is 13.6. The highest BCUT2D eigenvalue weighted by Crippen LogP contribution is 2.30. The van der Waals surface area contributed by atoms with Crippen molar-refractivity contribution >= 4 is 27.5 Å². The summed E-state index contributed by atoms with van der Waals surface area (Å²) < 4.78 is 1.68. The molecule has 0 amide bonds. The van der Waals surface area contributed by atoms with E-state index in [0.29, 0.717) is 15.8 Å². The van der Waals surface area contributed by atoms with Crippen molar-refractivity contribution in [1.29, 1.82) is 0 Å². The van der Waals surface area contributed by atoms with Gasteiger partial charge in [0.2, 0.25) is 0 Å². The molecule has 0 aliphatic heterocycles. The first-order valence-electron chi connectivity index (χ1n) is 6.33. The Kier molecular flexibility index (Phi) is 2.89. The van der Waals surface area contributed by atoms with E-state index in [0.717, 1.165) is 37.0 Å². The van der Waals surface area contributed by atoms with Crippen LogP contribution < -0.4 is 5.56 Å². The average Bonchev–Trinajstić information content (AvgIpc) is 2.98. The lowest BCUT2D eigenvalue weighted by molar-refractivity contribution is 0.0701. The summed E-state index contributed by atoms with van der Waals surface area (Å²) in [6.45, 7) is 1.68. The van der Waals surface area contributed by atoms with Gasteiger partial charge >= 0.3 is 5.97 Å². The van der Waals surface area contributed by atoms with Crippen LogP contribution in [0.2, 0.25) is 0 Å². The molecule has 0 radical (unpaired) electrons. The van der Waals surface area contributed by atoms with E-state index in [1.807, 2.05) is 0 Å². The number of aromatic carboxylic acids is 1. The van der Waals surface area contributed by atoms with Crippen molar-refractivity contribution in [2.45, 2.75) is 38.6 Å². The summed E-state index contributed by atoms with van der Waals surface area (Å²) in [4.78, 5) is 28.6. The Morgan fingerprint density at radius 3 is 2.79 bits per heavy atom. The van der Waals surface area contributed by atoms with E-state index in [2.05, 4.69) is 4.98 Å². The molecule has 1 aliphatic carbocycles. The molecular formula is C13H14N2O3S. The number of hydrogen-bond acceptors (Lipinski definition) is 4. The standard InChI is InChI=1S/C13H14N2O3S/c1-7-9-11(19-10(7)13(17)18)14-6-15(12(9)16)8-4-2-3-5-8/h6,8H,2-5H2,1H3,(H,17,18). The van der Waals surface area contributed by atoms with E-state index in [1.165, 1.54) is 0 Å². The van der Waals surface area contributed by atoms with Crippen molar-refractivity contribution in [3.05, 3.63) is 27.1 Å². The first-order chi connectivity index (χ1) is 9.09. The minimum absolute atomic E-state index is 0.0989. The lowest BCUT2D eigenvalue weighted by Gasteiger charge is -2.12. The van der Waals surface area contributed by atoms with Gasteiger partial charge in [-0.1, -0.05) is 12.8 Å². The second kappa shape index (κ2) is 4.45. The van der Waals surface area contributed by atoms with Crippen LogP contribution in [0.3, 0.4) is 0 Å². The Morgan fingerprint density at radius 2 is 2.16 bits per heavy atom. The van der Waals surface area contributed by atoms with E-state index in [9.17, 15) is 9.59 Å². The van der Waals surface area contributed by atoms with Gasteiger partial charge in [0, 0.05) is 6.04 Å². The third-order valence-corrected chi connectivity index (χ3v) is 4.98. The van der Waals surface area contributed by atoms with Gasteiger partial charge in [-0.3, -0.25) is 9.36 Å². The quantitative estimate of drug-likeness (QED) is 0.916. The molecule has 0 spiro atoms. The summed E-state index contributed by atoms with van der Waals surface area (Å²) in [5, 5.41) is 9.58. The third kappa shape index (κ3) is 1.87. The smallest absolute Gasteiger partial charge is 0.346 e. The second-order valence-corrected chi connectivity index (χ2v) is 5.94. The molecule has 6 heteroatoms. The predicted molar refractivity (Wildman–Crippen MR) is 73.1 cm³/mol. The Balaban J connectivity index is 2.23. The van der Waals surface area contributed by atoms with E-state index in [4.69, 9.17) is 5.11 Å². The summed E-state index contributed by atoms with van der Waals surface area (Å²) in [6, 6.07) is 0.219. The third-order valence-electron chi connectivity index (χ3n) is 3.79. The van der Waals surface area contributed by atoms with Crippen LogP contribution in [0.25, 0.3) is 10.2 Å². The van der Waals surface area contributed by atoms with Crippen LogP contribution in [0.1, 0.15) is 47.0 Å². The maximum atomic E-state index is 12.5. The van der Waals surface area contributed by atoms with Crippen molar-refractivity contribution in [3.63, 3.8) is 0 Å². The molecular weight excluding hydrogens is 264 g/mol. The fourth-order valence-electron chi connectivity index (χ4n) is 2.78. The van der Waals surface area contributed by atoms with Crippen molar-refractivity contribution in [3.8, 4) is 0 Å². The number of nitrogens with zero attached hydrogens (tertiary/aromatic N) is 2. The van der Waals surface area contributed by atoms with Gasteiger partial charge in [-0.25, -0.2) is 9.78 Å². The topological polar surface area (TPSA) is 72.2 Å². The molecule has 100 valence electrons. The van der Waals surface area contributed by atoms with Crippen LogP contribution >= 0.6 is 11.3 Å². The molecule has 19 heavy (non-hydrogen) atoms. The summed E-state index contributed by atoms with van der Waals surface area (Å²) >= 11 is 1.07. The Labute approximate surface area is 113 Å². The number of aryl methyl sites for hydroxylation is 1. The molecule has 3 rings (SSSR count). The molecule has 2 aromatic rings. The number of carboxylic acids is 1. The summed E-state index contributed by atoms with van der Waals surface area (Å²) in [6.07, 6.45) is 5.85. The van der Waals surface area contributed by atoms with E-state index >= 15 is 0 Å². The van der Waals surface area contributed by atoms with Crippen LogP contribution in [0.5, 0.6) is 0 Å². The van der Waals surface area contributed by atoms with Gasteiger partial charge in [-0.15, -0.1) is 11.3 Å². The molecule has 1 saturated carbocycles. The molecule has 5 nitrogen and oxygen atoms in total. The monoisotopic (exact) mass is 278 g/mol. The average molecular weight is 278 g/mol. The summed E-state index contributed by atoms with van der Waals surface area (Å²) in [5.41, 5.74) is 0.440. The first-order valence-corrected chi connectivity index (χ1v) is 7.14. The fraction of sp³-hybridized carbons (Fsp3) is 0.462. The number of hydrogen-bond donors (Lipinski definition) is 1. The molecule has 0 unspecified atom stereocenters.